The Morgan fingerprint density at radius 3 is 2.16 bits per heavy atom. The van der Waals surface area contributed by atoms with Crippen LogP contribution in [-0.2, 0) is 26.0 Å². The zero-order chi connectivity index (χ0) is 23.2. The number of phenols is 1. The summed E-state index contributed by atoms with van der Waals surface area (Å²) in [5.41, 5.74) is -3.58. The average molecular weight is 471 g/mol. The standard InChI is InChI=1S/C16H13N3O10S2/c20-14-7-12(30(24,25)26)5-9-6-13(31(27,28)29)8-16(21,15(9)14)18-17-10-1-3-11(4-2-10)19(22)23/h1-7,20-21H,8H2,(H,24,25,26)(H,27,28,29). The van der Waals surface area contributed by atoms with Crippen LogP contribution < -0.4 is 0 Å². The smallest absolute Gasteiger partial charge is 0.294 e. The summed E-state index contributed by atoms with van der Waals surface area (Å²) < 4.78 is 64.7. The van der Waals surface area contributed by atoms with Crippen LogP contribution in [0, 0.1) is 10.1 Å². The molecule has 31 heavy (non-hydrogen) atoms. The topological polar surface area (TPSA) is 217 Å². The van der Waals surface area contributed by atoms with Crippen LogP contribution in [0.1, 0.15) is 17.5 Å². The third-order valence-corrected chi connectivity index (χ3v) is 6.04. The van der Waals surface area contributed by atoms with Gasteiger partial charge in [-0.15, -0.1) is 5.11 Å². The van der Waals surface area contributed by atoms with Crippen molar-refractivity contribution in [1.29, 1.82) is 0 Å². The number of aliphatic hydroxyl groups is 1. The van der Waals surface area contributed by atoms with Crippen molar-refractivity contribution < 1.29 is 41.1 Å². The first-order chi connectivity index (χ1) is 14.2. The van der Waals surface area contributed by atoms with E-state index >= 15 is 0 Å². The van der Waals surface area contributed by atoms with Gasteiger partial charge >= 0.3 is 0 Å². The Kier molecular flexibility index (Phi) is 5.41. The summed E-state index contributed by atoms with van der Waals surface area (Å²) in [5, 5.41) is 39.3. The molecule has 15 heteroatoms. The highest BCUT2D eigenvalue weighted by Gasteiger charge is 2.42. The Morgan fingerprint density at radius 2 is 1.65 bits per heavy atom. The van der Waals surface area contributed by atoms with E-state index in [9.17, 15) is 46.3 Å². The molecule has 1 atom stereocenters. The Hall–Kier alpha value is -3.24. The lowest BCUT2D eigenvalue weighted by Crippen LogP contribution is -2.29. The first kappa shape index (κ1) is 22.4. The van der Waals surface area contributed by atoms with Gasteiger partial charge in [0.1, 0.15) is 5.75 Å². The van der Waals surface area contributed by atoms with Gasteiger partial charge in [-0.3, -0.25) is 19.2 Å². The highest BCUT2D eigenvalue weighted by atomic mass is 32.2. The van der Waals surface area contributed by atoms with Crippen LogP contribution in [0.25, 0.3) is 6.08 Å². The van der Waals surface area contributed by atoms with E-state index in [0.717, 1.165) is 24.3 Å². The number of hydrogen-bond acceptors (Lipinski definition) is 10. The molecule has 0 saturated heterocycles. The molecule has 3 rings (SSSR count). The quantitative estimate of drug-likeness (QED) is 0.215. The number of fused-ring (bicyclic) bond motifs is 1. The van der Waals surface area contributed by atoms with Crippen molar-refractivity contribution in [3.63, 3.8) is 0 Å². The number of nitro benzene ring substituents is 1. The number of phenolic OH excluding ortho intramolecular Hbond substituents is 1. The lowest BCUT2D eigenvalue weighted by atomic mass is 9.89. The van der Waals surface area contributed by atoms with E-state index in [1.165, 1.54) is 12.1 Å². The minimum Gasteiger partial charge on any atom is -0.507 e. The number of hydrogen-bond donors (Lipinski definition) is 4. The minimum absolute atomic E-state index is 0.0255. The molecule has 1 aliphatic carbocycles. The normalized spacial score (nSPS) is 19.1. The van der Waals surface area contributed by atoms with Gasteiger partial charge in [-0.05, 0) is 29.8 Å². The second kappa shape index (κ2) is 7.47. The fourth-order valence-corrected chi connectivity index (χ4v) is 4.11. The summed E-state index contributed by atoms with van der Waals surface area (Å²) in [6.45, 7) is 0. The van der Waals surface area contributed by atoms with Gasteiger partial charge in [0, 0.05) is 24.6 Å². The molecule has 0 aliphatic heterocycles. The molecular weight excluding hydrogens is 458 g/mol. The third kappa shape index (κ3) is 4.59. The lowest BCUT2D eigenvalue weighted by molar-refractivity contribution is -0.384. The highest BCUT2D eigenvalue weighted by molar-refractivity contribution is 7.90. The number of non-ortho nitro benzene ring substituents is 1. The van der Waals surface area contributed by atoms with Gasteiger partial charge < -0.3 is 10.2 Å². The first-order valence-electron chi connectivity index (χ1n) is 8.13. The molecule has 2 aromatic carbocycles. The van der Waals surface area contributed by atoms with E-state index in [1.807, 2.05) is 0 Å². The van der Waals surface area contributed by atoms with Crippen molar-refractivity contribution in [2.45, 2.75) is 17.0 Å². The third-order valence-electron chi connectivity index (χ3n) is 4.28. The van der Waals surface area contributed by atoms with Crippen LogP contribution in [0.2, 0.25) is 0 Å². The van der Waals surface area contributed by atoms with Gasteiger partial charge in [-0.2, -0.15) is 21.9 Å². The number of nitrogens with zero attached hydrogens (tertiary/aromatic N) is 3. The van der Waals surface area contributed by atoms with Crippen molar-refractivity contribution in [2.75, 3.05) is 0 Å². The van der Waals surface area contributed by atoms with Gasteiger partial charge in [0.15, 0.2) is 0 Å². The fourth-order valence-electron chi connectivity index (χ4n) is 2.91. The molecule has 0 radical (unpaired) electrons. The molecule has 13 nitrogen and oxygen atoms in total. The number of aromatic hydroxyl groups is 1. The molecule has 0 spiro atoms. The van der Waals surface area contributed by atoms with Crippen molar-refractivity contribution in [1.82, 2.24) is 0 Å². The molecule has 1 aliphatic rings. The SMILES string of the molecule is O=[N+]([O-])c1ccc(N=NC2(O)CC(S(=O)(=O)O)=Cc3cc(S(=O)(=O)O)cc(O)c32)cc1. The van der Waals surface area contributed by atoms with E-state index < -0.39 is 58.4 Å². The maximum atomic E-state index is 11.6. The monoisotopic (exact) mass is 471 g/mol. The molecular formula is C16H13N3O10S2. The Balaban J connectivity index is 2.16. The Morgan fingerprint density at radius 1 is 1.03 bits per heavy atom. The summed E-state index contributed by atoms with van der Waals surface area (Å²) in [5.74, 6) is -0.846. The maximum Gasteiger partial charge on any atom is 0.294 e. The zero-order valence-corrected chi connectivity index (χ0v) is 16.8. The number of rotatable bonds is 5. The molecule has 0 saturated carbocycles. The van der Waals surface area contributed by atoms with Gasteiger partial charge in [0.05, 0.1) is 26.0 Å². The van der Waals surface area contributed by atoms with Crippen LogP contribution in [0.5, 0.6) is 5.75 Å². The Labute approximate surface area is 174 Å². The van der Waals surface area contributed by atoms with Crippen LogP contribution in [0.15, 0.2) is 56.4 Å². The number of nitro groups is 1. The maximum absolute atomic E-state index is 11.6. The summed E-state index contributed by atoms with van der Waals surface area (Å²) in [7, 11) is -9.68. The molecule has 0 fully saturated rings. The van der Waals surface area contributed by atoms with Gasteiger partial charge in [0.25, 0.3) is 25.9 Å². The second-order valence-corrected chi connectivity index (χ2v) is 9.33. The van der Waals surface area contributed by atoms with E-state index in [2.05, 4.69) is 10.2 Å². The summed E-state index contributed by atoms with van der Waals surface area (Å²) in [6.07, 6.45) is -0.0664. The highest BCUT2D eigenvalue weighted by Crippen LogP contribution is 2.45. The summed E-state index contributed by atoms with van der Waals surface area (Å²) >= 11 is 0. The number of azo groups is 1. The van der Waals surface area contributed by atoms with Crippen LogP contribution >= 0.6 is 0 Å². The van der Waals surface area contributed by atoms with Gasteiger partial charge in [-0.25, -0.2) is 0 Å². The lowest BCUT2D eigenvalue weighted by Gasteiger charge is -2.29. The molecule has 164 valence electrons. The molecule has 0 amide bonds. The van der Waals surface area contributed by atoms with Crippen molar-refractivity contribution in [3.05, 3.63) is 62.5 Å². The van der Waals surface area contributed by atoms with E-state index in [4.69, 9.17) is 0 Å². The fraction of sp³-hybridized carbons (Fsp3) is 0.125. The molecule has 0 aromatic heterocycles. The first-order valence-corrected chi connectivity index (χ1v) is 11.0. The van der Waals surface area contributed by atoms with Crippen LogP contribution in [0.3, 0.4) is 0 Å². The van der Waals surface area contributed by atoms with Crippen molar-refractivity contribution >= 4 is 37.7 Å². The second-order valence-electron chi connectivity index (χ2n) is 6.43. The largest absolute Gasteiger partial charge is 0.507 e. The minimum atomic E-state index is -4.87. The summed E-state index contributed by atoms with van der Waals surface area (Å²) in [6, 6.07) is 5.97. The van der Waals surface area contributed by atoms with Crippen LogP contribution in [0.4, 0.5) is 11.4 Å². The molecule has 4 N–H and O–H groups in total. The average Bonchev–Trinajstić information content (AvgIpc) is 2.64. The predicted octanol–water partition coefficient (Wildman–Crippen LogP) is 2.11. The number of benzene rings is 2. The van der Waals surface area contributed by atoms with E-state index in [1.54, 1.807) is 0 Å². The molecule has 2 aromatic rings. The predicted molar refractivity (Wildman–Crippen MR) is 104 cm³/mol. The molecule has 0 bridgehead atoms. The zero-order valence-electron chi connectivity index (χ0n) is 15.1. The van der Waals surface area contributed by atoms with Crippen LogP contribution in [-0.4, -0.2) is 41.1 Å². The molecule has 1 unspecified atom stereocenters. The van der Waals surface area contributed by atoms with E-state index in [0.29, 0.717) is 6.07 Å². The van der Waals surface area contributed by atoms with E-state index in [-0.39, 0.29) is 16.9 Å². The summed E-state index contributed by atoms with van der Waals surface area (Å²) in [4.78, 5) is 8.49. The Bertz CT molecular complexity index is 1350. The van der Waals surface area contributed by atoms with Crippen molar-refractivity contribution in [2.24, 2.45) is 10.2 Å². The van der Waals surface area contributed by atoms with Gasteiger partial charge in [0.2, 0.25) is 5.72 Å². The van der Waals surface area contributed by atoms with Gasteiger partial charge in [-0.1, -0.05) is 0 Å². The van der Waals surface area contributed by atoms with Crippen molar-refractivity contribution in [3.8, 4) is 5.75 Å². The molecule has 0 heterocycles.